The number of piperazine rings is 2. The third-order valence-electron chi connectivity index (χ3n) is 5.20. The van der Waals surface area contributed by atoms with Gasteiger partial charge in [0.25, 0.3) is 0 Å². The summed E-state index contributed by atoms with van der Waals surface area (Å²) in [6.07, 6.45) is 0. The average molecular weight is 392 g/mol. The van der Waals surface area contributed by atoms with Crippen molar-refractivity contribution >= 4 is 17.7 Å². The van der Waals surface area contributed by atoms with Crippen LogP contribution in [0.3, 0.4) is 0 Å². The van der Waals surface area contributed by atoms with Crippen LogP contribution in [0.15, 0.2) is 18.2 Å². The Morgan fingerprint density at radius 1 is 1.21 bits per heavy atom. The van der Waals surface area contributed by atoms with E-state index < -0.39 is 6.03 Å². The Morgan fingerprint density at radius 3 is 2.54 bits per heavy atom. The maximum absolute atomic E-state index is 14.9. The zero-order chi connectivity index (χ0) is 20.3. The second kappa shape index (κ2) is 8.64. The number of nitrogens with two attached hydrogens (primary N) is 1. The van der Waals surface area contributed by atoms with Crippen molar-refractivity contribution in [1.29, 1.82) is 0 Å². The van der Waals surface area contributed by atoms with Crippen LogP contribution in [0.5, 0.6) is 0 Å². The van der Waals surface area contributed by atoms with Gasteiger partial charge in [-0.3, -0.25) is 0 Å². The van der Waals surface area contributed by atoms with E-state index in [0.29, 0.717) is 51.5 Å². The largest absolute Gasteiger partial charge is 0.366 e. The Balaban J connectivity index is 1.66. The van der Waals surface area contributed by atoms with Crippen LogP contribution in [0.1, 0.15) is 25.5 Å². The third-order valence-corrected chi connectivity index (χ3v) is 5.20. The lowest BCUT2D eigenvalue weighted by Gasteiger charge is -2.37. The van der Waals surface area contributed by atoms with Crippen LogP contribution in [0.4, 0.5) is 19.7 Å². The van der Waals surface area contributed by atoms with Crippen molar-refractivity contribution in [2.75, 3.05) is 50.7 Å². The number of amides is 4. The molecule has 4 amide bonds. The summed E-state index contributed by atoms with van der Waals surface area (Å²) in [6, 6.07) is 4.33. The predicted octanol–water partition coefficient (Wildman–Crippen LogP) is 1.09. The Labute approximate surface area is 164 Å². The molecule has 2 aliphatic rings. The highest BCUT2D eigenvalue weighted by Gasteiger charge is 2.28. The minimum atomic E-state index is -0.494. The number of carbonyl (C=O) groups excluding carboxylic acids is 2. The first-order valence-corrected chi connectivity index (χ1v) is 9.73. The van der Waals surface area contributed by atoms with E-state index in [2.05, 4.69) is 10.6 Å². The topological polar surface area (TPSA) is 93.9 Å². The minimum absolute atomic E-state index is 0.0817. The highest BCUT2D eigenvalue weighted by molar-refractivity contribution is 5.75. The number of nitrogens with one attached hydrogen (secondary N) is 2. The fourth-order valence-electron chi connectivity index (χ4n) is 3.74. The molecule has 0 saturated carbocycles. The van der Waals surface area contributed by atoms with Crippen molar-refractivity contribution in [2.24, 2.45) is 5.73 Å². The van der Waals surface area contributed by atoms with E-state index in [1.165, 1.54) is 6.07 Å². The fraction of sp³-hybridized carbons (Fsp3) is 0.579. The number of carbonyl (C=O) groups is 2. The smallest absolute Gasteiger partial charge is 0.317 e. The molecule has 1 atom stereocenters. The maximum atomic E-state index is 14.9. The first kappa shape index (κ1) is 20.2. The van der Waals surface area contributed by atoms with Gasteiger partial charge in [-0.15, -0.1) is 0 Å². The van der Waals surface area contributed by atoms with E-state index in [0.717, 1.165) is 5.56 Å². The number of halogens is 1. The summed E-state index contributed by atoms with van der Waals surface area (Å²) in [5.41, 5.74) is 6.71. The van der Waals surface area contributed by atoms with Gasteiger partial charge in [0.2, 0.25) is 0 Å². The molecule has 1 aromatic rings. The number of anilines is 1. The van der Waals surface area contributed by atoms with Gasteiger partial charge in [-0.05, 0) is 31.5 Å². The summed E-state index contributed by atoms with van der Waals surface area (Å²) in [4.78, 5) is 29.0. The number of primary amides is 1. The number of hydrogen-bond donors (Lipinski definition) is 3. The summed E-state index contributed by atoms with van der Waals surface area (Å²) in [7, 11) is 0. The van der Waals surface area contributed by atoms with Gasteiger partial charge in [-0.1, -0.05) is 6.07 Å². The molecule has 2 fully saturated rings. The number of urea groups is 2. The molecule has 0 spiro atoms. The zero-order valence-electron chi connectivity index (χ0n) is 16.4. The normalized spacial score (nSPS) is 20.4. The van der Waals surface area contributed by atoms with Crippen LogP contribution >= 0.6 is 0 Å². The molecule has 8 nitrogen and oxygen atoms in total. The lowest BCUT2D eigenvalue weighted by atomic mass is 10.0. The Kier molecular flexibility index (Phi) is 6.23. The molecule has 3 rings (SSSR count). The summed E-state index contributed by atoms with van der Waals surface area (Å²) < 4.78 is 14.9. The molecule has 0 aliphatic carbocycles. The molecule has 2 heterocycles. The third kappa shape index (κ3) is 4.46. The Morgan fingerprint density at radius 2 is 1.93 bits per heavy atom. The van der Waals surface area contributed by atoms with Crippen molar-refractivity contribution in [3.8, 4) is 0 Å². The van der Waals surface area contributed by atoms with E-state index in [4.69, 9.17) is 5.73 Å². The highest BCUT2D eigenvalue weighted by atomic mass is 19.1. The number of benzene rings is 1. The van der Waals surface area contributed by atoms with Gasteiger partial charge in [0, 0.05) is 51.9 Å². The molecule has 1 aromatic carbocycles. The summed E-state index contributed by atoms with van der Waals surface area (Å²) >= 11 is 0. The van der Waals surface area contributed by atoms with Gasteiger partial charge in [0.15, 0.2) is 0 Å². The molecule has 154 valence electrons. The van der Waals surface area contributed by atoms with Crippen molar-refractivity contribution in [1.82, 2.24) is 20.4 Å². The summed E-state index contributed by atoms with van der Waals surface area (Å²) in [5.74, 6) is -0.326. The monoisotopic (exact) mass is 392 g/mol. The fourth-order valence-corrected chi connectivity index (χ4v) is 3.74. The molecule has 2 saturated heterocycles. The SMILES string of the molecule is CC(C)NC(=O)N1CCN(c2ccc([C@@H]3CNCCN3C(N)=O)cc2F)CC1. The molecule has 28 heavy (non-hydrogen) atoms. The first-order chi connectivity index (χ1) is 13.4. The second-order valence-electron chi connectivity index (χ2n) is 7.54. The number of nitrogens with zero attached hydrogens (tertiary/aromatic N) is 3. The average Bonchev–Trinajstić information content (AvgIpc) is 2.67. The lowest BCUT2D eigenvalue weighted by Crippen LogP contribution is -2.53. The van der Waals surface area contributed by atoms with Crippen LogP contribution in [0, 0.1) is 5.82 Å². The molecule has 0 bridgehead atoms. The van der Waals surface area contributed by atoms with E-state index >= 15 is 0 Å². The second-order valence-corrected chi connectivity index (χ2v) is 7.54. The van der Waals surface area contributed by atoms with Crippen LogP contribution < -0.4 is 21.3 Å². The van der Waals surface area contributed by atoms with Crippen LogP contribution in [-0.2, 0) is 0 Å². The van der Waals surface area contributed by atoms with Crippen LogP contribution in [0.2, 0.25) is 0 Å². The first-order valence-electron chi connectivity index (χ1n) is 9.73. The Hall–Kier alpha value is -2.55. The molecule has 9 heteroatoms. The molecular weight excluding hydrogens is 363 g/mol. The van der Waals surface area contributed by atoms with Gasteiger partial charge < -0.3 is 31.1 Å². The number of hydrogen-bond acceptors (Lipinski definition) is 4. The van der Waals surface area contributed by atoms with Crippen molar-refractivity contribution in [3.63, 3.8) is 0 Å². The molecule has 0 radical (unpaired) electrons. The number of rotatable bonds is 3. The van der Waals surface area contributed by atoms with E-state index in [1.807, 2.05) is 24.8 Å². The minimum Gasteiger partial charge on any atom is -0.366 e. The van der Waals surface area contributed by atoms with E-state index in [-0.39, 0.29) is 23.9 Å². The van der Waals surface area contributed by atoms with Crippen LogP contribution in [-0.4, -0.2) is 73.7 Å². The van der Waals surface area contributed by atoms with Crippen molar-refractivity contribution < 1.29 is 14.0 Å². The predicted molar refractivity (Wildman–Crippen MR) is 106 cm³/mol. The molecular formula is C19H29FN6O2. The van der Waals surface area contributed by atoms with Gasteiger partial charge >= 0.3 is 12.1 Å². The zero-order valence-corrected chi connectivity index (χ0v) is 16.4. The quantitative estimate of drug-likeness (QED) is 0.718. The highest BCUT2D eigenvalue weighted by Crippen LogP contribution is 2.28. The summed E-state index contributed by atoms with van der Waals surface area (Å²) in [6.45, 7) is 7.80. The van der Waals surface area contributed by atoms with E-state index in [9.17, 15) is 14.0 Å². The maximum Gasteiger partial charge on any atom is 0.317 e. The molecule has 4 N–H and O–H groups in total. The molecule has 0 unspecified atom stereocenters. The summed E-state index contributed by atoms with van der Waals surface area (Å²) in [5, 5.41) is 6.10. The van der Waals surface area contributed by atoms with Crippen molar-refractivity contribution in [3.05, 3.63) is 29.6 Å². The van der Waals surface area contributed by atoms with Gasteiger partial charge in [0.1, 0.15) is 5.82 Å². The van der Waals surface area contributed by atoms with Gasteiger partial charge in [-0.25, -0.2) is 14.0 Å². The Bertz CT molecular complexity index is 720. The lowest BCUT2D eigenvalue weighted by molar-refractivity contribution is 0.167. The standard InChI is InChI=1S/C19H29FN6O2/c1-13(2)23-19(28)25-9-7-24(8-10-25)16-4-3-14(11-15(16)20)17-12-22-5-6-26(17)18(21)27/h3-4,11,13,17,22H,5-10,12H2,1-2H3,(H2,21,27)(H,23,28)/t17-/m0/s1. The van der Waals surface area contributed by atoms with Gasteiger partial charge in [-0.2, -0.15) is 0 Å². The van der Waals surface area contributed by atoms with Gasteiger partial charge in [0.05, 0.1) is 11.7 Å². The molecule has 0 aromatic heterocycles. The van der Waals surface area contributed by atoms with E-state index in [1.54, 1.807) is 15.9 Å². The van der Waals surface area contributed by atoms with Crippen molar-refractivity contribution in [2.45, 2.75) is 25.9 Å². The molecule has 2 aliphatic heterocycles. The van der Waals surface area contributed by atoms with Crippen LogP contribution in [0.25, 0.3) is 0 Å².